The Bertz CT molecular complexity index is 349. The minimum absolute atomic E-state index is 0.0190. The molecule has 5 nitrogen and oxygen atoms in total. The third-order valence-electron chi connectivity index (χ3n) is 2.83. The Morgan fingerprint density at radius 3 is 2.65 bits per heavy atom. The fourth-order valence-electron chi connectivity index (χ4n) is 1.95. The predicted octanol–water partition coefficient (Wildman–Crippen LogP) is 2.16. The second-order valence-electron chi connectivity index (χ2n) is 4.24. The molecule has 1 heterocycles. The van der Waals surface area contributed by atoms with Crippen molar-refractivity contribution in [3.05, 3.63) is 16.4 Å². The minimum atomic E-state index is -0.0794. The Balaban J connectivity index is 3.14. The average Bonchev–Trinajstić information content (AvgIpc) is 2.68. The highest BCUT2D eigenvalue weighted by molar-refractivity contribution is 9.10. The fraction of sp³-hybridized carbons (Fsp3) is 0.727. The molecule has 0 aliphatic rings. The molecule has 1 aromatic heterocycles. The molecule has 3 N–H and O–H groups in total. The number of nitrogens with one attached hydrogen (secondary N) is 1. The lowest BCUT2D eigenvalue weighted by molar-refractivity contribution is 0.0616. The zero-order chi connectivity index (χ0) is 13.0. The summed E-state index contributed by atoms with van der Waals surface area (Å²) in [4.78, 5) is 0. The molecule has 1 rings (SSSR count). The van der Waals surface area contributed by atoms with Crippen LogP contribution in [0.15, 0.2) is 10.7 Å². The van der Waals surface area contributed by atoms with Gasteiger partial charge >= 0.3 is 0 Å². The lowest BCUT2D eigenvalue weighted by atomic mass is 10.1. The van der Waals surface area contributed by atoms with Crippen LogP contribution in [-0.4, -0.2) is 23.0 Å². The molecule has 0 aliphatic carbocycles. The third kappa shape index (κ3) is 3.07. The van der Waals surface area contributed by atoms with Gasteiger partial charge in [-0.3, -0.25) is 10.5 Å². The molecule has 0 saturated heterocycles. The molecule has 0 radical (unpaired) electrons. The topological polar surface area (TPSA) is 65.1 Å². The predicted molar refractivity (Wildman–Crippen MR) is 71.5 cm³/mol. The number of rotatable bonds is 6. The fourth-order valence-corrected chi connectivity index (χ4v) is 2.47. The van der Waals surface area contributed by atoms with E-state index in [2.05, 4.69) is 47.2 Å². The molecule has 0 bridgehead atoms. The van der Waals surface area contributed by atoms with E-state index in [1.54, 1.807) is 13.3 Å². The van der Waals surface area contributed by atoms with Gasteiger partial charge in [-0.15, -0.1) is 0 Å². The maximum atomic E-state index is 5.66. The summed E-state index contributed by atoms with van der Waals surface area (Å²) in [7, 11) is 1.70. The van der Waals surface area contributed by atoms with Gasteiger partial charge in [0, 0.05) is 13.2 Å². The van der Waals surface area contributed by atoms with Gasteiger partial charge in [0.15, 0.2) is 0 Å². The van der Waals surface area contributed by atoms with Crippen molar-refractivity contribution in [1.82, 2.24) is 15.2 Å². The number of ether oxygens (including phenoxy) is 1. The van der Waals surface area contributed by atoms with Crippen molar-refractivity contribution >= 4 is 15.9 Å². The maximum absolute atomic E-state index is 5.66. The standard InChI is InChI=1S/C11H21BrN4O/c1-5-9(17-4)10(15-13)11-8(12)6-14-16(11)7(2)3/h6-7,9-10,15H,5,13H2,1-4H3. The van der Waals surface area contributed by atoms with Crippen molar-refractivity contribution in [2.45, 2.75) is 45.4 Å². The number of methoxy groups -OCH3 is 1. The van der Waals surface area contributed by atoms with Crippen LogP contribution in [0.4, 0.5) is 0 Å². The summed E-state index contributed by atoms with van der Waals surface area (Å²) in [5.74, 6) is 5.66. The van der Waals surface area contributed by atoms with Crippen molar-refractivity contribution in [3.8, 4) is 0 Å². The van der Waals surface area contributed by atoms with E-state index in [-0.39, 0.29) is 18.2 Å². The lowest BCUT2D eigenvalue weighted by Crippen LogP contribution is -2.39. The van der Waals surface area contributed by atoms with Crippen molar-refractivity contribution in [1.29, 1.82) is 0 Å². The second-order valence-corrected chi connectivity index (χ2v) is 5.10. The molecule has 1 aromatic rings. The summed E-state index contributed by atoms with van der Waals surface area (Å²) in [6.07, 6.45) is 2.69. The van der Waals surface area contributed by atoms with E-state index in [4.69, 9.17) is 10.6 Å². The first-order chi connectivity index (χ1) is 8.06. The molecule has 98 valence electrons. The molecular weight excluding hydrogens is 284 g/mol. The molecule has 0 spiro atoms. The van der Waals surface area contributed by atoms with Crippen LogP contribution >= 0.6 is 15.9 Å². The van der Waals surface area contributed by atoms with Gasteiger partial charge in [-0.2, -0.15) is 5.10 Å². The van der Waals surface area contributed by atoms with E-state index >= 15 is 0 Å². The van der Waals surface area contributed by atoms with E-state index < -0.39 is 0 Å². The molecule has 0 amide bonds. The van der Waals surface area contributed by atoms with Gasteiger partial charge < -0.3 is 4.74 Å². The summed E-state index contributed by atoms with van der Waals surface area (Å²) < 4.78 is 8.36. The Kier molecular flexibility index (Phi) is 5.58. The van der Waals surface area contributed by atoms with Crippen LogP contribution < -0.4 is 11.3 Å². The largest absolute Gasteiger partial charge is 0.379 e. The van der Waals surface area contributed by atoms with Gasteiger partial charge in [0.1, 0.15) is 0 Å². The van der Waals surface area contributed by atoms with Crippen molar-refractivity contribution in [2.24, 2.45) is 5.84 Å². The van der Waals surface area contributed by atoms with Crippen molar-refractivity contribution in [3.63, 3.8) is 0 Å². The lowest BCUT2D eigenvalue weighted by Gasteiger charge is -2.26. The number of nitrogens with two attached hydrogens (primary N) is 1. The van der Waals surface area contributed by atoms with Gasteiger partial charge in [-0.05, 0) is 36.2 Å². The van der Waals surface area contributed by atoms with E-state index in [1.807, 2.05) is 4.68 Å². The smallest absolute Gasteiger partial charge is 0.0901 e. The molecule has 6 heteroatoms. The number of hydrogen-bond acceptors (Lipinski definition) is 4. The Labute approximate surface area is 111 Å². The highest BCUT2D eigenvalue weighted by atomic mass is 79.9. The summed E-state index contributed by atoms with van der Waals surface area (Å²) in [5, 5.41) is 4.35. The first kappa shape index (κ1) is 14.6. The minimum Gasteiger partial charge on any atom is -0.379 e. The van der Waals surface area contributed by atoms with Crippen LogP contribution in [0.3, 0.4) is 0 Å². The summed E-state index contributed by atoms with van der Waals surface area (Å²) in [6.45, 7) is 6.25. The van der Waals surface area contributed by atoms with Crippen LogP contribution in [0, 0.1) is 0 Å². The van der Waals surface area contributed by atoms with Crippen LogP contribution in [0.2, 0.25) is 0 Å². The Hall–Kier alpha value is -0.430. The number of hydrazine groups is 1. The summed E-state index contributed by atoms with van der Waals surface area (Å²) in [6, 6.07) is 0.200. The monoisotopic (exact) mass is 304 g/mol. The third-order valence-corrected chi connectivity index (χ3v) is 3.44. The average molecular weight is 305 g/mol. The molecule has 0 aliphatic heterocycles. The highest BCUT2D eigenvalue weighted by Gasteiger charge is 2.27. The van der Waals surface area contributed by atoms with Crippen LogP contribution in [0.25, 0.3) is 0 Å². The Morgan fingerprint density at radius 2 is 2.24 bits per heavy atom. The molecule has 0 aromatic carbocycles. The molecule has 0 saturated carbocycles. The highest BCUT2D eigenvalue weighted by Crippen LogP contribution is 2.29. The van der Waals surface area contributed by atoms with Crippen molar-refractivity contribution < 1.29 is 4.74 Å². The molecule has 0 fully saturated rings. The number of aromatic nitrogens is 2. The molecular formula is C11H21BrN4O. The normalized spacial score (nSPS) is 15.2. The zero-order valence-corrected chi connectivity index (χ0v) is 12.4. The number of hydrogen-bond donors (Lipinski definition) is 2. The van der Waals surface area contributed by atoms with Gasteiger partial charge in [-0.1, -0.05) is 6.92 Å². The summed E-state index contributed by atoms with van der Waals surface area (Å²) >= 11 is 3.52. The van der Waals surface area contributed by atoms with Crippen LogP contribution in [-0.2, 0) is 4.74 Å². The molecule has 2 atom stereocenters. The number of nitrogens with zero attached hydrogens (tertiary/aromatic N) is 2. The van der Waals surface area contributed by atoms with Gasteiger partial charge in [0.05, 0.1) is 28.5 Å². The zero-order valence-electron chi connectivity index (χ0n) is 10.8. The van der Waals surface area contributed by atoms with Gasteiger partial charge in [0.2, 0.25) is 0 Å². The Morgan fingerprint density at radius 1 is 1.59 bits per heavy atom. The summed E-state index contributed by atoms with van der Waals surface area (Å²) in [5.41, 5.74) is 3.85. The van der Waals surface area contributed by atoms with E-state index in [9.17, 15) is 0 Å². The molecule has 17 heavy (non-hydrogen) atoms. The van der Waals surface area contributed by atoms with E-state index in [0.717, 1.165) is 16.6 Å². The van der Waals surface area contributed by atoms with Gasteiger partial charge in [-0.25, -0.2) is 5.43 Å². The maximum Gasteiger partial charge on any atom is 0.0901 e. The van der Waals surface area contributed by atoms with E-state index in [0.29, 0.717) is 0 Å². The van der Waals surface area contributed by atoms with E-state index in [1.165, 1.54) is 0 Å². The second kappa shape index (κ2) is 6.49. The van der Waals surface area contributed by atoms with Gasteiger partial charge in [0.25, 0.3) is 0 Å². The number of halogens is 1. The molecule has 2 unspecified atom stereocenters. The van der Waals surface area contributed by atoms with Crippen LogP contribution in [0.1, 0.15) is 45.0 Å². The quantitative estimate of drug-likeness (QED) is 0.624. The first-order valence-corrected chi connectivity index (χ1v) is 6.57. The van der Waals surface area contributed by atoms with Crippen molar-refractivity contribution in [2.75, 3.05) is 7.11 Å². The SMILES string of the molecule is CCC(OC)C(NN)c1c(Br)cnn1C(C)C. The van der Waals surface area contributed by atoms with Crippen LogP contribution in [0.5, 0.6) is 0 Å². The first-order valence-electron chi connectivity index (χ1n) is 5.78.